The number of rotatable bonds is 5. The van der Waals surface area contributed by atoms with Crippen LogP contribution in [0.4, 0.5) is 5.82 Å². The molecular formula is C20H22ClN3O2. The third kappa shape index (κ3) is 3.84. The van der Waals surface area contributed by atoms with E-state index >= 15 is 0 Å². The van der Waals surface area contributed by atoms with E-state index in [0.717, 1.165) is 37.6 Å². The number of ether oxygens (including phenoxy) is 1. The number of nitrogens with zero attached hydrogens (tertiary/aromatic N) is 3. The van der Waals surface area contributed by atoms with Gasteiger partial charge in [0.05, 0.1) is 11.6 Å². The summed E-state index contributed by atoms with van der Waals surface area (Å²) in [7, 11) is 0. The van der Waals surface area contributed by atoms with Gasteiger partial charge in [-0.3, -0.25) is 4.79 Å². The zero-order valence-electron chi connectivity index (χ0n) is 14.6. The zero-order chi connectivity index (χ0) is 17.9. The van der Waals surface area contributed by atoms with Crippen molar-refractivity contribution >= 4 is 23.3 Å². The molecular weight excluding hydrogens is 350 g/mol. The van der Waals surface area contributed by atoms with Crippen molar-refractivity contribution in [3.63, 3.8) is 0 Å². The van der Waals surface area contributed by atoms with Crippen molar-refractivity contribution in [3.8, 4) is 0 Å². The monoisotopic (exact) mass is 371 g/mol. The molecule has 3 heterocycles. The van der Waals surface area contributed by atoms with E-state index in [9.17, 15) is 4.79 Å². The quantitative estimate of drug-likeness (QED) is 0.810. The van der Waals surface area contributed by atoms with Gasteiger partial charge in [-0.05, 0) is 17.7 Å². The van der Waals surface area contributed by atoms with Crippen molar-refractivity contribution in [3.05, 3.63) is 59.2 Å². The molecule has 26 heavy (non-hydrogen) atoms. The lowest BCUT2D eigenvalue weighted by molar-refractivity contribution is -0.135. The van der Waals surface area contributed by atoms with Gasteiger partial charge < -0.3 is 14.5 Å². The van der Waals surface area contributed by atoms with Gasteiger partial charge in [-0.2, -0.15) is 0 Å². The van der Waals surface area contributed by atoms with Crippen molar-refractivity contribution < 1.29 is 9.53 Å². The summed E-state index contributed by atoms with van der Waals surface area (Å²) in [4.78, 5) is 21.1. The third-order valence-corrected chi connectivity index (χ3v) is 5.44. The average Bonchev–Trinajstić information content (AvgIpc) is 3.22. The summed E-state index contributed by atoms with van der Waals surface area (Å²) in [5, 5.41) is 0.653. The standard InChI is InChI=1S/C20H22ClN3O2/c21-18-6-7-19(22-8-18)23-9-16-11-24(12-17(16)10-23)20(25)14-26-13-15-4-2-1-3-5-15/h1-8,16-17H,9-14H2. The number of carbonyl (C=O) groups excluding carboxylic acids is 1. The Morgan fingerprint density at radius 3 is 2.46 bits per heavy atom. The first-order valence-electron chi connectivity index (χ1n) is 8.95. The van der Waals surface area contributed by atoms with Crippen LogP contribution in [0.5, 0.6) is 0 Å². The van der Waals surface area contributed by atoms with Gasteiger partial charge in [0.15, 0.2) is 0 Å². The molecule has 1 aromatic heterocycles. The fourth-order valence-corrected chi connectivity index (χ4v) is 3.97. The molecule has 2 aromatic rings. The Hall–Kier alpha value is -2.11. The smallest absolute Gasteiger partial charge is 0.248 e. The van der Waals surface area contributed by atoms with Gasteiger partial charge in [0.1, 0.15) is 12.4 Å². The highest BCUT2D eigenvalue weighted by atomic mass is 35.5. The second-order valence-corrected chi connectivity index (χ2v) is 7.47. The molecule has 2 aliphatic heterocycles. The van der Waals surface area contributed by atoms with Gasteiger partial charge >= 0.3 is 0 Å². The Morgan fingerprint density at radius 2 is 1.81 bits per heavy atom. The number of benzene rings is 1. The fraction of sp³-hybridized carbons (Fsp3) is 0.400. The molecule has 2 saturated heterocycles. The van der Waals surface area contributed by atoms with Gasteiger partial charge in [-0.25, -0.2) is 4.98 Å². The van der Waals surface area contributed by atoms with Crippen LogP contribution in [-0.4, -0.2) is 48.6 Å². The maximum absolute atomic E-state index is 12.4. The number of aromatic nitrogens is 1. The number of anilines is 1. The van der Waals surface area contributed by atoms with Gasteiger partial charge in [0, 0.05) is 44.2 Å². The summed E-state index contributed by atoms with van der Waals surface area (Å²) in [6.07, 6.45) is 1.69. The fourth-order valence-electron chi connectivity index (χ4n) is 3.86. The van der Waals surface area contributed by atoms with Crippen molar-refractivity contribution in [2.45, 2.75) is 6.61 Å². The lowest BCUT2D eigenvalue weighted by Crippen LogP contribution is -2.35. The Kier molecular flexibility index (Phi) is 5.09. The number of fused-ring (bicyclic) bond motifs is 1. The Morgan fingerprint density at radius 1 is 1.08 bits per heavy atom. The normalized spacial score (nSPS) is 21.9. The number of hydrogen-bond acceptors (Lipinski definition) is 4. The second kappa shape index (κ2) is 7.64. The molecule has 1 aromatic carbocycles. The SMILES string of the molecule is O=C(COCc1ccccc1)N1CC2CN(c3ccc(Cl)cn3)CC2C1. The Bertz CT molecular complexity index is 739. The number of halogens is 1. The molecule has 2 fully saturated rings. The molecule has 2 unspecified atom stereocenters. The van der Waals surface area contributed by atoms with Crippen LogP contribution in [0.25, 0.3) is 0 Å². The Balaban J connectivity index is 1.25. The molecule has 2 aliphatic rings. The minimum atomic E-state index is 0.0894. The molecule has 6 heteroatoms. The number of likely N-dealkylation sites (tertiary alicyclic amines) is 1. The largest absolute Gasteiger partial charge is 0.367 e. The van der Waals surface area contributed by atoms with Gasteiger partial charge in [-0.15, -0.1) is 0 Å². The van der Waals surface area contributed by atoms with Crippen molar-refractivity contribution in [2.75, 3.05) is 37.7 Å². The number of pyridine rings is 1. The van der Waals surface area contributed by atoms with E-state index in [1.54, 1.807) is 6.20 Å². The summed E-state index contributed by atoms with van der Waals surface area (Å²) in [6, 6.07) is 13.8. The summed E-state index contributed by atoms with van der Waals surface area (Å²) in [5.74, 6) is 2.07. The highest BCUT2D eigenvalue weighted by Gasteiger charge is 2.41. The van der Waals surface area contributed by atoms with Crippen LogP contribution in [0.15, 0.2) is 48.7 Å². The first-order chi connectivity index (χ1) is 12.7. The van der Waals surface area contributed by atoms with E-state index < -0.39 is 0 Å². The molecule has 136 valence electrons. The molecule has 0 aliphatic carbocycles. The molecule has 0 radical (unpaired) electrons. The molecule has 0 N–H and O–H groups in total. The van der Waals surface area contributed by atoms with E-state index in [4.69, 9.17) is 16.3 Å². The van der Waals surface area contributed by atoms with E-state index in [-0.39, 0.29) is 12.5 Å². The van der Waals surface area contributed by atoms with E-state index in [1.807, 2.05) is 47.4 Å². The maximum Gasteiger partial charge on any atom is 0.248 e. The van der Waals surface area contributed by atoms with Crippen LogP contribution in [0, 0.1) is 11.8 Å². The van der Waals surface area contributed by atoms with Crippen molar-refractivity contribution in [1.29, 1.82) is 0 Å². The number of carbonyl (C=O) groups is 1. The minimum Gasteiger partial charge on any atom is -0.367 e. The van der Waals surface area contributed by atoms with Crippen LogP contribution in [0.1, 0.15) is 5.56 Å². The van der Waals surface area contributed by atoms with Crippen LogP contribution < -0.4 is 4.90 Å². The molecule has 0 spiro atoms. The molecule has 5 nitrogen and oxygen atoms in total. The van der Waals surface area contributed by atoms with Crippen LogP contribution in [0.3, 0.4) is 0 Å². The van der Waals surface area contributed by atoms with Crippen LogP contribution in [0.2, 0.25) is 5.02 Å². The summed E-state index contributed by atoms with van der Waals surface area (Å²) in [5.41, 5.74) is 1.09. The maximum atomic E-state index is 12.4. The molecule has 1 amide bonds. The number of amides is 1. The van der Waals surface area contributed by atoms with E-state index in [1.165, 1.54) is 0 Å². The van der Waals surface area contributed by atoms with Gasteiger partial charge in [0.2, 0.25) is 5.91 Å². The topological polar surface area (TPSA) is 45.7 Å². The lowest BCUT2D eigenvalue weighted by atomic mass is 10.0. The predicted molar refractivity (Wildman–Crippen MR) is 101 cm³/mol. The molecule has 0 bridgehead atoms. The second-order valence-electron chi connectivity index (χ2n) is 7.04. The highest BCUT2D eigenvalue weighted by molar-refractivity contribution is 6.30. The summed E-state index contributed by atoms with van der Waals surface area (Å²) < 4.78 is 5.59. The lowest BCUT2D eigenvalue weighted by Gasteiger charge is -2.22. The highest BCUT2D eigenvalue weighted by Crippen LogP contribution is 2.33. The van der Waals surface area contributed by atoms with Crippen LogP contribution in [-0.2, 0) is 16.1 Å². The molecule has 4 rings (SSSR count). The van der Waals surface area contributed by atoms with E-state index in [0.29, 0.717) is 23.5 Å². The van der Waals surface area contributed by atoms with Crippen molar-refractivity contribution in [1.82, 2.24) is 9.88 Å². The third-order valence-electron chi connectivity index (χ3n) is 5.21. The van der Waals surface area contributed by atoms with Gasteiger partial charge in [0.25, 0.3) is 0 Å². The summed E-state index contributed by atoms with van der Waals surface area (Å²) in [6.45, 7) is 4.12. The first-order valence-corrected chi connectivity index (χ1v) is 9.33. The summed E-state index contributed by atoms with van der Waals surface area (Å²) >= 11 is 5.91. The zero-order valence-corrected chi connectivity index (χ0v) is 15.3. The Labute approximate surface area is 158 Å². The minimum absolute atomic E-state index is 0.0894. The van der Waals surface area contributed by atoms with E-state index in [2.05, 4.69) is 9.88 Å². The first kappa shape index (κ1) is 17.3. The van der Waals surface area contributed by atoms with Crippen molar-refractivity contribution in [2.24, 2.45) is 11.8 Å². The van der Waals surface area contributed by atoms with Crippen LogP contribution >= 0.6 is 11.6 Å². The average molecular weight is 372 g/mol. The van der Waals surface area contributed by atoms with Gasteiger partial charge in [-0.1, -0.05) is 41.9 Å². The predicted octanol–water partition coefficient (Wildman–Crippen LogP) is 2.85. The number of hydrogen-bond donors (Lipinski definition) is 0. The molecule has 2 atom stereocenters. The molecule has 0 saturated carbocycles.